The fourth-order valence-corrected chi connectivity index (χ4v) is 3.54. The molecule has 1 unspecified atom stereocenters. The van der Waals surface area contributed by atoms with Crippen LogP contribution >= 0.6 is 0 Å². The van der Waals surface area contributed by atoms with Crippen molar-refractivity contribution in [3.63, 3.8) is 0 Å². The summed E-state index contributed by atoms with van der Waals surface area (Å²) in [5.74, 6) is 0.407. The van der Waals surface area contributed by atoms with Crippen LogP contribution < -0.4 is 14.8 Å². The Morgan fingerprint density at radius 2 is 2.00 bits per heavy atom. The summed E-state index contributed by atoms with van der Waals surface area (Å²) in [7, 11) is 3.02. The van der Waals surface area contributed by atoms with Crippen molar-refractivity contribution in [3.8, 4) is 11.5 Å². The lowest BCUT2D eigenvalue weighted by molar-refractivity contribution is 0.0704. The van der Waals surface area contributed by atoms with Crippen molar-refractivity contribution < 1.29 is 23.0 Å². The number of methoxy groups -OCH3 is 2. The molecule has 1 heterocycles. The van der Waals surface area contributed by atoms with Gasteiger partial charge in [0, 0.05) is 23.6 Å². The first-order valence-corrected chi connectivity index (χ1v) is 9.80. The van der Waals surface area contributed by atoms with Crippen LogP contribution in [0.25, 0.3) is 11.0 Å². The van der Waals surface area contributed by atoms with Crippen molar-refractivity contribution in [2.24, 2.45) is 0 Å². The zero-order valence-corrected chi connectivity index (χ0v) is 17.7. The SMILES string of the molecule is C=CCc1cc(C(=O)NCC(C)c2nc3ccccc3n2C(F)F)cc(OC)c1OC. The summed E-state index contributed by atoms with van der Waals surface area (Å²) >= 11 is 0. The van der Waals surface area contributed by atoms with Crippen molar-refractivity contribution in [1.82, 2.24) is 14.9 Å². The van der Waals surface area contributed by atoms with Gasteiger partial charge in [-0.15, -0.1) is 6.58 Å². The lowest BCUT2D eigenvalue weighted by Gasteiger charge is -2.16. The largest absolute Gasteiger partial charge is 0.493 e. The van der Waals surface area contributed by atoms with E-state index in [1.807, 2.05) is 0 Å². The van der Waals surface area contributed by atoms with Crippen LogP contribution in [-0.2, 0) is 6.42 Å². The Morgan fingerprint density at radius 1 is 1.26 bits per heavy atom. The van der Waals surface area contributed by atoms with Crippen LogP contribution in [0.2, 0.25) is 0 Å². The Hall–Kier alpha value is -3.42. The fourth-order valence-electron chi connectivity index (χ4n) is 3.54. The van der Waals surface area contributed by atoms with Gasteiger partial charge in [0.25, 0.3) is 5.91 Å². The molecule has 6 nitrogen and oxygen atoms in total. The van der Waals surface area contributed by atoms with Crippen LogP contribution in [0.4, 0.5) is 8.78 Å². The molecule has 164 valence electrons. The van der Waals surface area contributed by atoms with Crippen LogP contribution in [0.1, 0.15) is 41.1 Å². The summed E-state index contributed by atoms with van der Waals surface area (Å²) in [4.78, 5) is 17.1. The standard InChI is InChI=1S/C23H25F2N3O3/c1-5-8-15-11-16(12-19(30-3)20(15)31-4)22(29)26-13-14(2)21-27-17-9-6-7-10-18(17)28(21)23(24)25/h5-7,9-12,14,23H,1,8,13H2,2-4H3,(H,26,29). The average Bonchev–Trinajstić information content (AvgIpc) is 3.16. The summed E-state index contributed by atoms with van der Waals surface area (Å²) in [6.45, 7) is 2.89. The Bertz CT molecular complexity index is 1100. The van der Waals surface area contributed by atoms with Gasteiger partial charge in [-0.1, -0.05) is 25.1 Å². The van der Waals surface area contributed by atoms with E-state index in [1.165, 1.54) is 14.2 Å². The number of alkyl halides is 2. The third-order valence-corrected chi connectivity index (χ3v) is 5.01. The molecule has 0 radical (unpaired) electrons. The summed E-state index contributed by atoms with van der Waals surface area (Å²) < 4.78 is 39.0. The molecule has 8 heteroatoms. The summed E-state index contributed by atoms with van der Waals surface area (Å²) in [5.41, 5.74) is 1.99. The van der Waals surface area contributed by atoms with E-state index in [0.717, 1.165) is 10.1 Å². The van der Waals surface area contributed by atoms with Gasteiger partial charge in [0.05, 0.1) is 25.3 Å². The molecule has 3 aromatic rings. The van der Waals surface area contributed by atoms with E-state index in [-0.39, 0.29) is 18.3 Å². The van der Waals surface area contributed by atoms with Gasteiger partial charge in [-0.3, -0.25) is 9.36 Å². The molecule has 0 aliphatic heterocycles. The van der Waals surface area contributed by atoms with Crippen LogP contribution in [0, 0.1) is 0 Å². The van der Waals surface area contributed by atoms with Gasteiger partial charge in [-0.05, 0) is 30.7 Å². The first-order valence-electron chi connectivity index (χ1n) is 9.80. The van der Waals surface area contributed by atoms with Crippen LogP contribution in [0.15, 0.2) is 49.1 Å². The molecular weight excluding hydrogens is 404 g/mol. The van der Waals surface area contributed by atoms with E-state index in [9.17, 15) is 13.6 Å². The highest BCUT2D eigenvalue weighted by Crippen LogP contribution is 2.33. The number of amides is 1. The minimum atomic E-state index is -2.73. The van der Waals surface area contributed by atoms with E-state index in [2.05, 4.69) is 16.9 Å². The summed E-state index contributed by atoms with van der Waals surface area (Å²) in [5, 5.41) is 2.81. The second-order valence-corrected chi connectivity index (χ2v) is 7.08. The summed E-state index contributed by atoms with van der Waals surface area (Å²) in [6, 6.07) is 10.0. The van der Waals surface area contributed by atoms with Crippen LogP contribution in [-0.4, -0.2) is 36.2 Å². The topological polar surface area (TPSA) is 65.4 Å². The molecule has 1 N–H and O–H groups in total. The van der Waals surface area contributed by atoms with Gasteiger partial charge in [-0.2, -0.15) is 8.78 Å². The predicted octanol–water partition coefficient (Wildman–Crippen LogP) is 4.71. The van der Waals surface area contributed by atoms with Gasteiger partial charge in [-0.25, -0.2) is 4.98 Å². The van der Waals surface area contributed by atoms with Crippen molar-refractivity contribution in [2.45, 2.75) is 25.8 Å². The number of ether oxygens (including phenoxy) is 2. The molecule has 0 bridgehead atoms. The Labute approximate surface area is 179 Å². The number of hydrogen-bond acceptors (Lipinski definition) is 4. The maximum atomic E-state index is 13.7. The first-order chi connectivity index (χ1) is 14.9. The molecule has 2 aromatic carbocycles. The van der Waals surface area contributed by atoms with Gasteiger partial charge < -0.3 is 14.8 Å². The third-order valence-electron chi connectivity index (χ3n) is 5.01. The fraction of sp³-hybridized carbons (Fsp3) is 0.304. The smallest absolute Gasteiger partial charge is 0.320 e. The minimum Gasteiger partial charge on any atom is -0.493 e. The highest BCUT2D eigenvalue weighted by Gasteiger charge is 2.23. The van der Waals surface area contributed by atoms with Crippen molar-refractivity contribution in [3.05, 3.63) is 66.0 Å². The zero-order valence-electron chi connectivity index (χ0n) is 17.7. The lowest BCUT2D eigenvalue weighted by Crippen LogP contribution is -2.29. The van der Waals surface area contributed by atoms with E-state index in [4.69, 9.17) is 9.47 Å². The number of nitrogens with one attached hydrogen (secondary N) is 1. The number of halogens is 2. The maximum absolute atomic E-state index is 13.7. The predicted molar refractivity (Wildman–Crippen MR) is 115 cm³/mol. The number of carbonyl (C=O) groups is 1. The molecule has 31 heavy (non-hydrogen) atoms. The number of hydrogen-bond donors (Lipinski definition) is 1. The quantitative estimate of drug-likeness (QED) is 0.501. The number of carbonyl (C=O) groups excluding carboxylic acids is 1. The van der Waals surface area contributed by atoms with Gasteiger partial charge in [0.15, 0.2) is 11.5 Å². The molecule has 0 saturated heterocycles. The molecule has 3 rings (SSSR count). The normalized spacial score (nSPS) is 12.1. The van der Waals surface area contributed by atoms with E-state index in [0.29, 0.717) is 34.5 Å². The molecule has 0 aliphatic carbocycles. The van der Waals surface area contributed by atoms with Crippen molar-refractivity contribution >= 4 is 16.9 Å². The number of para-hydroxylation sites is 2. The van der Waals surface area contributed by atoms with Crippen molar-refractivity contribution in [2.75, 3.05) is 20.8 Å². The van der Waals surface area contributed by atoms with E-state index < -0.39 is 12.5 Å². The Kier molecular flexibility index (Phi) is 6.89. The molecular formula is C23H25F2N3O3. The Morgan fingerprint density at radius 3 is 2.65 bits per heavy atom. The number of nitrogens with zero attached hydrogens (tertiary/aromatic N) is 2. The lowest BCUT2D eigenvalue weighted by atomic mass is 10.0. The van der Waals surface area contributed by atoms with Gasteiger partial charge >= 0.3 is 6.55 Å². The van der Waals surface area contributed by atoms with Crippen LogP contribution in [0.3, 0.4) is 0 Å². The number of fused-ring (bicyclic) bond motifs is 1. The van der Waals surface area contributed by atoms with Gasteiger partial charge in [0.1, 0.15) is 5.82 Å². The molecule has 1 aromatic heterocycles. The summed E-state index contributed by atoms with van der Waals surface area (Å²) in [6.07, 6.45) is 2.20. The minimum absolute atomic E-state index is 0.139. The number of rotatable bonds is 9. The van der Waals surface area contributed by atoms with Crippen molar-refractivity contribution in [1.29, 1.82) is 0 Å². The Balaban J connectivity index is 1.83. The third kappa shape index (κ3) is 4.52. The number of benzene rings is 2. The second kappa shape index (κ2) is 9.59. The molecule has 0 spiro atoms. The maximum Gasteiger partial charge on any atom is 0.320 e. The number of imidazole rings is 1. The van der Waals surface area contributed by atoms with Gasteiger partial charge in [0.2, 0.25) is 0 Å². The highest BCUT2D eigenvalue weighted by molar-refractivity contribution is 5.95. The highest BCUT2D eigenvalue weighted by atomic mass is 19.3. The molecule has 0 fully saturated rings. The monoisotopic (exact) mass is 429 g/mol. The van der Waals surface area contributed by atoms with E-state index in [1.54, 1.807) is 49.4 Å². The zero-order chi connectivity index (χ0) is 22.5. The average molecular weight is 429 g/mol. The molecule has 0 aliphatic rings. The first kappa shape index (κ1) is 22.3. The molecule has 1 amide bonds. The molecule has 0 saturated carbocycles. The van der Waals surface area contributed by atoms with Crippen LogP contribution in [0.5, 0.6) is 11.5 Å². The molecule has 1 atom stereocenters. The number of allylic oxidation sites excluding steroid dienone is 1. The van der Waals surface area contributed by atoms with E-state index >= 15 is 0 Å². The second-order valence-electron chi connectivity index (χ2n) is 7.08. The number of aromatic nitrogens is 2.